The number of furan rings is 1. The molecule has 0 aliphatic rings. The summed E-state index contributed by atoms with van der Waals surface area (Å²) in [5.41, 5.74) is 1.34. The minimum Gasteiger partial charge on any atom is -0.462 e. The molecule has 0 saturated carbocycles. The van der Waals surface area contributed by atoms with Crippen molar-refractivity contribution in [1.82, 2.24) is 0 Å². The maximum absolute atomic E-state index is 12.2. The molecular weight excluding hydrogens is 302 g/mol. The summed E-state index contributed by atoms with van der Waals surface area (Å²) in [6, 6.07) is 3.21. The average molecular weight is 321 g/mol. The molecule has 0 aliphatic carbocycles. The van der Waals surface area contributed by atoms with Crippen molar-refractivity contribution in [3.63, 3.8) is 0 Å². The number of anilines is 1. The summed E-state index contributed by atoms with van der Waals surface area (Å²) < 4.78 is 10.2. The van der Waals surface area contributed by atoms with Gasteiger partial charge in [0.25, 0.3) is 5.91 Å². The molecule has 1 N–H and O–H groups in total. The first-order chi connectivity index (χ1) is 10.5. The van der Waals surface area contributed by atoms with Crippen LogP contribution < -0.4 is 5.32 Å². The molecule has 0 aliphatic heterocycles. The molecule has 0 aromatic carbocycles. The number of ether oxygens (including phenoxy) is 1. The van der Waals surface area contributed by atoms with Crippen molar-refractivity contribution in [3.8, 4) is 0 Å². The number of nitrogens with one attached hydrogen (secondary N) is 1. The first-order valence-electron chi connectivity index (χ1n) is 7.15. The quantitative estimate of drug-likeness (QED) is 0.817. The summed E-state index contributed by atoms with van der Waals surface area (Å²) in [5.74, 6) is -0.187. The van der Waals surface area contributed by atoms with Crippen LogP contribution in [0.5, 0.6) is 0 Å². The smallest absolute Gasteiger partial charge is 0.341 e. The van der Waals surface area contributed by atoms with E-state index in [-0.39, 0.29) is 11.7 Å². The van der Waals surface area contributed by atoms with Crippen LogP contribution in [0.25, 0.3) is 0 Å². The largest absolute Gasteiger partial charge is 0.462 e. The van der Waals surface area contributed by atoms with E-state index < -0.39 is 5.97 Å². The molecule has 0 saturated heterocycles. The molecule has 2 rings (SSSR count). The van der Waals surface area contributed by atoms with Gasteiger partial charge in [0.2, 0.25) is 0 Å². The zero-order chi connectivity index (χ0) is 16.1. The van der Waals surface area contributed by atoms with Crippen molar-refractivity contribution >= 4 is 28.2 Å². The van der Waals surface area contributed by atoms with Crippen LogP contribution in [0.1, 0.15) is 47.2 Å². The minimum atomic E-state index is -0.408. The van der Waals surface area contributed by atoms with Gasteiger partial charge in [-0.3, -0.25) is 4.79 Å². The highest BCUT2D eigenvalue weighted by molar-refractivity contribution is 7.15. The van der Waals surface area contributed by atoms with Gasteiger partial charge < -0.3 is 14.5 Å². The molecule has 0 bridgehead atoms. The van der Waals surface area contributed by atoms with E-state index in [0.29, 0.717) is 23.1 Å². The van der Waals surface area contributed by atoms with Gasteiger partial charge in [-0.05, 0) is 42.3 Å². The summed E-state index contributed by atoms with van der Waals surface area (Å²) in [7, 11) is 0. The lowest BCUT2D eigenvalue weighted by atomic mass is 10.0. The van der Waals surface area contributed by atoms with Crippen LogP contribution in [0.3, 0.4) is 0 Å². The lowest BCUT2D eigenvalue weighted by Crippen LogP contribution is -2.15. The number of carbonyl (C=O) groups excluding carboxylic acids is 2. The Hall–Kier alpha value is -2.08. The molecule has 118 valence electrons. The lowest BCUT2D eigenvalue weighted by Gasteiger charge is -2.09. The number of thiophene rings is 1. The molecule has 0 fully saturated rings. The van der Waals surface area contributed by atoms with Crippen LogP contribution in [-0.2, 0) is 11.2 Å². The third-order valence-corrected chi connectivity index (χ3v) is 3.89. The zero-order valence-electron chi connectivity index (χ0n) is 12.8. The fourth-order valence-corrected chi connectivity index (χ4v) is 3.03. The number of esters is 1. The Morgan fingerprint density at radius 2 is 2.18 bits per heavy atom. The second kappa shape index (κ2) is 7.26. The van der Waals surface area contributed by atoms with Crippen molar-refractivity contribution in [2.24, 2.45) is 5.92 Å². The van der Waals surface area contributed by atoms with Gasteiger partial charge in [0, 0.05) is 0 Å². The van der Waals surface area contributed by atoms with Crippen LogP contribution in [-0.4, -0.2) is 18.5 Å². The third kappa shape index (κ3) is 3.76. The van der Waals surface area contributed by atoms with E-state index in [4.69, 9.17) is 9.15 Å². The fraction of sp³-hybridized carbons (Fsp3) is 0.375. The third-order valence-electron chi connectivity index (χ3n) is 2.95. The highest BCUT2D eigenvalue weighted by Gasteiger charge is 2.23. The molecule has 22 heavy (non-hydrogen) atoms. The van der Waals surface area contributed by atoms with Crippen molar-refractivity contribution in [2.45, 2.75) is 27.2 Å². The van der Waals surface area contributed by atoms with Gasteiger partial charge in [0.1, 0.15) is 5.00 Å². The van der Waals surface area contributed by atoms with Gasteiger partial charge >= 0.3 is 5.97 Å². The van der Waals surface area contributed by atoms with Gasteiger partial charge in [0.05, 0.1) is 18.4 Å². The summed E-state index contributed by atoms with van der Waals surface area (Å²) in [4.78, 5) is 24.3. The van der Waals surface area contributed by atoms with Crippen LogP contribution in [0.2, 0.25) is 0 Å². The van der Waals surface area contributed by atoms with Gasteiger partial charge in [-0.15, -0.1) is 11.3 Å². The molecule has 0 radical (unpaired) electrons. The minimum absolute atomic E-state index is 0.202. The second-order valence-corrected chi connectivity index (χ2v) is 6.09. The van der Waals surface area contributed by atoms with E-state index >= 15 is 0 Å². The standard InChI is InChI=1S/C16H19NO4S/c1-4-20-16(19)13-11(8-10(2)3)9-22-15(13)17-14(18)12-6-5-7-21-12/h5-7,9-10H,4,8H2,1-3H3,(H,17,18). The van der Waals surface area contributed by atoms with Gasteiger partial charge in [0.15, 0.2) is 5.76 Å². The Morgan fingerprint density at radius 3 is 2.77 bits per heavy atom. The van der Waals surface area contributed by atoms with E-state index in [1.807, 2.05) is 5.38 Å². The maximum atomic E-state index is 12.2. The Bertz CT molecular complexity index is 643. The average Bonchev–Trinajstić information content (AvgIpc) is 3.08. The van der Waals surface area contributed by atoms with Crippen LogP contribution in [0.15, 0.2) is 28.2 Å². The number of rotatable bonds is 6. The molecule has 1 amide bonds. The Labute approximate surface area is 133 Å². The summed E-state index contributed by atoms with van der Waals surface area (Å²) in [6.07, 6.45) is 2.18. The monoisotopic (exact) mass is 321 g/mol. The summed E-state index contributed by atoms with van der Waals surface area (Å²) in [6.45, 7) is 6.20. The Morgan fingerprint density at radius 1 is 1.41 bits per heavy atom. The number of hydrogen-bond donors (Lipinski definition) is 1. The molecular formula is C16H19NO4S. The van der Waals surface area contributed by atoms with Crippen molar-refractivity contribution < 1.29 is 18.7 Å². The molecule has 2 aromatic rings. The summed E-state index contributed by atoms with van der Waals surface area (Å²) >= 11 is 1.32. The number of amides is 1. The van der Waals surface area contributed by atoms with Gasteiger partial charge in [-0.25, -0.2) is 4.79 Å². The molecule has 5 nitrogen and oxygen atoms in total. The number of hydrogen-bond acceptors (Lipinski definition) is 5. The number of carbonyl (C=O) groups is 2. The van der Waals surface area contributed by atoms with Crippen LogP contribution in [0.4, 0.5) is 5.00 Å². The predicted octanol–water partition coefficient (Wildman–Crippen LogP) is 3.97. The molecule has 2 heterocycles. The highest BCUT2D eigenvalue weighted by Crippen LogP contribution is 2.31. The van der Waals surface area contributed by atoms with Crippen LogP contribution >= 0.6 is 11.3 Å². The van der Waals surface area contributed by atoms with Gasteiger partial charge in [-0.2, -0.15) is 0 Å². The highest BCUT2D eigenvalue weighted by atomic mass is 32.1. The first-order valence-corrected chi connectivity index (χ1v) is 8.03. The van der Waals surface area contributed by atoms with Crippen molar-refractivity contribution in [1.29, 1.82) is 0 Å². The van der Waals surface area contributed by atoms with E-state index in [1.165, 1.54) is 17.6 Å². The van der Waals surface area contributed by atoms with E-state index in [2.05, 4.69) is 19.2 Å². The predicted molar refractivity (Wildman–Crippen MR) is 85.5 cm³/mol. The molecule has 6 heteroatoms. The van der Waals surface area contributed by atoms with Crippen molar-refractivity contribution in [3.05, 3.63) is 40.7 Å². The Kier molecular flexibility index (Phi) is 5.38. The molecule has 2 aromatic heterocycles. The van der Waals surface area contributed by atoms with E-state index in [1.54, 1.807) is 19.1 Å². The zero-order valence-corrected chi connectivity index (χ0v) is 13.7. The Balaban J connectivity index is 2.28. The second-order valence-electron chi connectivity index (χ2n) is 5.21. The normalized spacial score (nSPS) is 10.7. The summed E-state index contributed by atoms with van der Waals surface area (Å²) in [5, 5.41) is 5.12. The van der Waals surface area contributed by atoms with Crippen molar-refractivity contribution in [2.75, 3.05) is 11.9 Å². The van der Waals surface area contributed by atoms with E-state index in [9.17, 15) is 9.59 Å². The first kappa shape index (κ1) is 16.3. The van der Waals surface area contributed by atoms with Gasteiger partial charge in [-0.1, -0.05) is 13.8 Å². The fourth-order valence-electron chi connectivity index (χ4n) is 2.08. The molecule has 0 atom stereocenters. The topological polar surface area (TPSA) is 68.5 Å². The molecule has 0 spiro atoms. The SMILES string of the molecule is CCOC(=O)c1c(CC(C)C)csc1NC(=O)c1ccco1. The maximum Gasteiger partial charge on any atom is 0.341 e. The van der Waals surface area contributed by atoms with E-state index in [0.717, 1.165) is 12.0 Å². The van der Waals surface area contributed by atoms with Crippen LogP contribution in [0, 0.1) is 5.92 Å². The molecule has 0 unspecified atom stereocenters. The lowest BCUT2D eigenvalue weighted by molar-refractivity contribution is 0.0527.